The lowest BCUT2D eigenvalue weighted by molar-refractivity contribution is 0.268. The second-order valence-corrected chi connectivity index (χ2v) is 4.07. The molecule has 0 aliphatic rings. The summed E-state index contributed by atoms with van der Waals surface area (Å²) in [6.07, 6.45) is 1.97. The number of hydrogen-bond acceptors (Lipinski definition) is 4. The summed E-state index contributed by atoms with van der Waals surface area (Å²) < 4.78 is 11.4. The highest BCUT2D eigenvalue weighted by Gasteiger charge is 2.06. The minimum Gasteiger partial charge on any atom is -0.490 e. The molecule has 1 aromatic rings. The molecule has 0 atom stereocenters. The standard InChI is InChI=1S/C14H24N2O2/c1-3-9-17-13-6-5-12(16-8-7-15)11-14(13)18-10-4-2/h5-6,11,16H,3-4,7-10,15H2,1-2H3. The van der Waals surface area contributed by atoms with Gasteiger partial charge in [-0.3, -0.25) is 0 Å². The molecule has 4 nitrogen and oxygen atoms in total. The van der Waals surface area contributed by atoms with E-state index in [4.69, 9.17) is 15.2 Å². The van der Waals surface area contributed by atoms with Gasteiger partial charge in [0.15, 0.2) is 11.5 Å². The zero-order valence-electron chi connectivity index (χ0n) is 11.4. The fourth-order valence-electron chi connectivity index (χ4n) is 1.49. The van der Waals surface area contributed by atoms with Crippen molar-refractivity contribution in [2.75, 3.05) is 31.6 Å². The fourth-order valence-corrected chi connectivity index (χ4v) is 1.49. The normalized spacial score (nSPS) is 10.2. The van der Waals surface area contributed by atoms with E-state index in [2.05, 4.69) is 19.2 Å². The molecule has 0 aromatic heterocycles. The quantitative estimate of drug-likeness (QED) is 0.709. The average molecular weight is 252 g/mol. The number of ether oxygens (including phenoxy) is 2. The maximum atomic E-state index is 5.71. The third-order valence-corrected chi connectivity index (χ3v) is 2.34. The largest absolute Gasteiger partial charge is 0.490 e. The van der Waals surface area contributed by atoms with Gasteiger partial charge in [-0.2, -0.15) is 0 Å². The molecule has 1 rings (SSSR count). The topological polar surface area (TPSA) is 56.5 Å². The maximum Gasteiger partial charge on any atom is 0.163 e. The minimum atomic E-state index is 0.610. The van der Waals surface area contributed by atoms with E-state index < -0.39 is 0 Å². The summed E-state index contributed by atoms with van der Waals surface area (Å²) in [7, 11) is 0. The Balaban J connectivity index is 2.74. The van der Waals surface area contributed by atoms with Gasteiger partial charge in [0, 0.05) is 24.8 Å². The Kier molecular flexibility index (Phi) is 7.03. The van der Waals surface area contributed by atoms with E-state index in [0.29, 0.717) is 19.8 Å². The first kappa shape index (κ1) is 14.6. The Morgan fingerprint density at radius 2 is 1.72 bits per heavy atom. The van der Waals surface area contributed by atoms with Crippen LogP contribution in [-0.4, -0.2) is 26.3 Å². The molecule has 0 unspecified atom stereocenters. The van der Waals surface area contributed by atoms with Crippen molar-refractivity contribution in [1.82, 2.24) is 0 Å². The number of rotatable bonds is 9. The van der Waals surface area contributed by atoms with Gasteiger partial charge in [0.25, 0.3) is 0 Å². The van der Waals surface area contributed by atoms with Crippen molar-refractivity contribution >= 4 is 5.69 Å². The van der Waals surface area contributed by atoms with Crippen LogP contribution in [-0.2, 0) is 0 Å². The predicted molar refractivity (Wildman–Crippen MR) is 75.6 cm³/mol. The van der Waals surface area contributed by atoms with Gasteiger partial charge in [0.2, 0.25) is 0 Å². The molecular weight excluding hydrogens is 228 g/mol. The molecule has 0 spiro atoms. The van der Waals surface area contributed by atoms with Crippen LogP contribution in [0.25, 0.3) is 0 Å². The number of nitrogens with two attached hydrogens (primary N) is 1. The summed E-state index contributed by atoms with van der Waals surface area (Å²) in [6.45, 7) is 6.94. The van der Waals surface area contributed by atoms with E-state index in [-0.39, 0.29) is 0 Å². The molecule has 0 amide bonds. The molecule has 4 heteroatoms. The van der Waals surface area contributed by atoms with E-state index in [1.54, 1.807) is 0 Å². The molecule has 1 aromatic carbocycles. The fraction of sp³-hybridized carbons (Fsp3) is 0.571. The van der Waals surface area contributed by atoms with Gasteiger partial charge in [0.05, 0.1) is 13.2 Å². The molecule has 0 saturated heterocycles. The van der Waals surface area contributed by atoms with Crippen molar-refractivity contribution in [3.63, 3.8) is 0 Å². The van der Waals surface area contributed by atoms with E-state index in [0.717, 1.165) is 36.6 Å². The average Bonchev–Trinajstić information content (AvgIpc) is 2.41. The first-order chi connectivity index (χ1) is 8.81. The summed E-state index contributed by atoms with van der Waals surface area (Å²) >= 11 is 0. The number of benzene rings is 1. The van der Waals surface area contributed by atoms with Crippen LogP contribution in [0.4, 0.5) is 5.69 Å². The van der Waals surface area contributed by atoms with Crippen LogP contribution in [0.15, 0.2) is 18.2 Å². The Hall–Kier alpha value is -1.42. The minimum absolute atomic E-state index is 0.610. The second-order valence-electron chi connectivity index (χ2n) is 4.07. The summed E-state index contributed by atoms with van der Waals surface area (Å²) in [6, 6.07) is 5.90. The summed E-state index contributed by atoms with van der Waals surface area (Å²) in [4.78, 5) is 0. The second kappa shape index (κ2) is 8.64. The van der Waals surface area contributed by atoms with Gasteiger partial charge in [-0.05, 0) is 25.0 Å². The van der Waals surface area contributed by atoms with Gasteiger partial charge < -0.3 is 20.5 Å². The van der Waals surface area contributed by atoms with Crippen LogP contribution >= 0.6 is 0 Å². The third-order valence-electron chi connectivity index (χ3n) is 2.34. The highest BCUT2D eigenvalue weighted by Crippen LogP contribution is 2.30. The van der Waals surface area contributed by atoms with Crippen LogP contribution in [0.5, 0.6) is 11.5 Å². The summed E-state index contributed by atoms with van der Waals surface area (Å²) in [5.74, 6) is 1.61. The van der Waals surface area contributed by atoms with Crippen molar-refractivity contribution in [2.45, 2.75) is 26.7 Å². The van der Waals surface area contributed by atoms with Gasteiger partial charge in [0.1, 0.15) is 0 Å². The SMILES string of the molecule is CCCOc1ccc(NCCN)cc1OCCC. The molecule has 0 aliphatic carbocycles. The Morgan fingerprint density at radius 1 is 1.06 bits per heavy atom. The van der Waals surface area contributed by atoms with E-state index in [1.165, 1.54) is 0 Å². The molecule has 0 bridgehead atoms. The van der Waals surface area contributed by atoms with Gasteiger partial charge >= 0.3 is 0 Å². The molecule has 0 saturated carbocycles. The van der Waals surface area contributed by atoms with Crippen molar-refractivity contribution in [3.05, 3.63) is 18.2 Å². The smallest absolute Gasteiger partial charge is 0.163 e. The van der Waals surface area contributed by atoms with Crippen molar-refractivity contribution in [1.29, 1.82) is 0 Å². The Labute approximate surface area is 109 Å². The van der Waals surface area contributed by atoms with Gasteiger partial charge in [-0.25, -0.2) is 0 Å². The molecule has 3 N–H and O–H groups in total. The van der Waals surface area contributed by atoms with Crippen molar-refractivity contribution in [3.8, 4) is 11.5 Å². The van der Waals surface area contributed by atoms with Crippen LogP contribution < -0.4 is 20.5 Å². The van der Waals surface area contributed by atoms with E-state index >= 15 is 0 Å². The maximum absolute atomic E-state index is 5.71. The van der Waals surface area contributed by atoms with Crippen molar-refractivity contribution < 1.29 is 9.47 Å². The lowest BCUT2D eigenvalue weighted by Gasteiger charge is -2.14. The molecular formula is C14H24N2O2. The summed E-state index contributed by atoms with van der Waals surface area (Å²) in [5, 5.41) is 3.23. The third kappa shape index (κ3) is 4.84. The van der Waals surface area contributed by atoms with Crippen LogP contribution in [0.2, 0.25) is 0 Å². The molecule has 0 heterocycles. The Morgan fingerprint density at radius 3 is 2.33 bits per heavy atom. The number of hydrogen-bond donors (Lipinski definition) is 2. The van der Waals surface area contributed by atoms with Gasteiger partial charge in [-0.15, -0.1) is 0 Å². The zero-order chi connectivity index (χ0) is 13.2. The lowest BCUT2D eigenvalue weighted by Crippen LogP contribution is -2.13. The molecule has 0 aliphatic heterocycles. The lowest BCUT2D eigenvalue weighted by atomic mass is 10.2. The molecule has 0 fully saturated rings. The van der Waals surface area contributed by atoms with Crippen LogP contribution in [0.3, 0.4) is 0 Å². The predicted octanol–water partition coefficient (Wildman–Crippen LogP) is 2.63. The Bertz CT molecular complexity index is 343. The summed E-state index contributed by atoms with van der Waals surface area (Å²) in [5.41, 5.74) is 6.48. The van der Waals surface area contributed by atoms with Crippen molar-refractivity contribution in [2.24, 2.45) is 5.73 Å². The van der Waals surface area contributed by atoms with E-state index in [1.807, 2.05) is 18.2 Å². The molecule has 0 radical (unpaired) electrons. The highest BCUT2D eigenvalue weighted by atomic mass is 16.5. The van der Waals surface area contributed by atoms with E-state index in [9.17, 15) is 0 Å². The van der Waals surface area contributed by atoms with Crippen LogP contribution in [0, 0.1) is 0 Å². The first-order valence-corrected chi connectivity index (χ1v) is 6.65. The molecule has 18 heavy (non-hydrogen) atoms. The molecule has 102 valence electrons. The number of anilines is 1. The van der Waals surface area contributed by atoms with Gasteiger partial charge in [-0.1, -0.05) is 13.8 Å². The van der Waals surface area contributed by atoms with Crippen LogP contribution in [0.1, 0.15) is 26.7 Å². The monoisotopic (exact) mass is 252 g/mol. The zero-order valence-corrected chi connectivity index (χ0v) is 11.4. The first-order valence-electron chi connectivity index (χ1n) is 6.65. The number of nitrogens with one attached hydrogen (secondary N) is 1. The highest BCUT2D eigenvalue weighted by molar-refractivity contribution is 5.54.